The summed E-state index contributed by atoms with van der Waals surface area (Å²) in [5, 5.41) is 6.62. The van der Waals surface area contributed by atoms with Crippen molar-refractivity contribution in [2.24, 2.45) is 5.14 Å². The Kier molecular flexibility index (Phi) is 2.79. The van der Waals surface area contributed by atoms with Gasteiger partial charge in [0.1, 0.15) is 11.4 Å². The summed E-state index contributed by atoms with van der Waals surface area (Å²) in [5.41, 5.74) is 0.101. The van der Waals surface area contributed by atoms with Crippen molar-refractivity contribution >= 4 is 27.1 Å². The van der Waals surface area contributed by atoms with Crippen LogP contribution in [0, 0.1) is 6.92 Å². The molecule has 0 atom stereocenters. The Morgan fingerprint density at radius 2 is 2.31 bits per heavy atom. The molecule has 0 saturated carbocycles. The maximum Gasteiger partial charge on any atom is 0.216 e. The molecule has 0 spiro atoms. The first-order chi connectivity index (χ1) is 5.88. The van der Waals surface area contributed by atoms with Crippen LogP contribution >= 0.6 is 11.3 Å². The Morgan fingerprint density at radius 3 is 2.69 bits per heavy atom. The van der Waals surface area contributed by atoms with E-state index in [1.165, 1.54) is 16.7 Å². The SMILES string of the molecule is [CH2]c1nc(C(=O)CS(N)(=O)=O)cs1. The van der Waals surface area contributed by atoms with E-state index in [0.29, 0.717) is 5.01 Å². The molecule has 71 valence electrons. The van der Waals surface area contributed by atoms with Crippen molar-refractivity contribution < 1.29 is 13.2 Å². The van der Waals surface area contributed by atoms with Crippen molar-refractivity contribution in [3.05, 3.63) is 23.0 Å². The van der Waals surface area contributed by atoms with Crippen LogP contribution in [-0.2, 0) is 10.0 Å². The van der Waals surface area contributed by atoms with E-state index in [9.17, 15) is 13.2 Å². The minimum absolute atomic E-state index is 0.101. The van der Waals surface area contributed by atoms with Gasteiger partial charge in [0.25, 0.3) is 0 Å². The van der Waals surface area contributed by atoms with Crippen LogP contribution in [0.5, 0.6) is 0 Å². The number of nitrogens with two attached hydrogens (primary N) is 1. The second-order valence-electron chi connectivity index (χ2n) is 2.36. The molecule has 2 N–H and O–H groups in total. The fourth-order valence-electron chi connectivity index (χ4n) is 0.696. The first-order valence-electron chi connectivity index (χ1n) is 3.19. The zero-order valence-electron chi connectivity index (χ0n) is 6.56. The minimum Gasteiger partial charge on any atom is -0.291 e. The standard InChI is InChI=1S/C6H7N2O3S2/c1-4-8-5(2-12-4)6(9)3-13(7,10)11/h2H,1,3H2,(H2,7,10,11). The molecular formula is C6H7N2O3S2. The quantitative estimate of drug-likeness (QED) is 0.712. The van der Waals surface area contributed by atoms with Crippen LogP contribution in [0.1, 0.15) is 15.5 Å². The Hall–Kier alpha value is -0.790. The molecule has 0 aliphatic carbocycles. The van der Waals surface area contributed by atoms with Gasteiger partial charge in [-0.15, -0.1) is 11.3 Å². The highest BCUT2D eigenvalue weighted by Gasteiger charge is 2.15. The fourth-order valence-corrected chi connectivity index (χ4v) is 1.79. The van der Waals surface area contributed by atoms with Gasteiger partial charge in [-0.2, -0.15) is 0 Å². The maximum atomic E-state index is 11.1. The molecule has 0 aliphatic heterocycles. The molecule has 0 amide bonds. The van der Waals surface area contributed by atoms with E-state index in [1.54, 1.807) is 0 Å². The third kappa shape index (κ3) is 3.21. The van der Waals surface area contributed by atoms with Crippen LogP contribution in [0.25, 0.3) is 0 Å². The summed E-state index contributed by atoms with van der Waals surface area (Å²) >= 11 is 1.18. The maximum absolute atomic E-state index is 11.1. The van der Waals surface area contributed by atoms with E-state index in [2.05, 4.69) is 11.9 Å². The number of hydrogen-bond donors (Lipinski definition) is 1. The van der Waals surface area contributed by atoms with Crippen molar-refractivity contribution in [2.75, 3.05) is 5.75 Å². The lowest BCUT2D eigenvalue weighted by Crippen LogP contribution is -2.23. The van der Waals surface area contributed by atoms with Crippen molar-refractivity contribution in [1.29, 1.82) is 0 Å². The zero-order chi connectivity index (χ0) is 10.1. The van der Waals surface area contributed by atoms with Gasteiger partial charge in [-0.05, 0) is 0 Å². The number of Topliss-reactive ketones (excluding diaryl/α,β-unsaturated/α-hetero) is 1. The number of nitrogens with zero attached hydrogens (tertiary/aromatic N) is 1. The normalized spacial score (nSPS) is 11.5. The van der Waals surface area contributed by atoms with Gasteiger partial charge in [0.05, 0.1) is 5.01 Å². The number of carbonyl (C=O) groups excluding carboxylic acids is 1. The minimum atomic E-state index is -3.77. The van der Waals surface area contributed by atoms with Gasteiger partial charge < -0.3 is 0 Å². The predicted molar refractivity (Wildman–Crippen MR) is 48.9 cm³/mol. The zero-order valence-corrected chi connectivity index (χ0v) is 8.19. The van der Waals surface area contributed by atoms with Gasteiger partial charge in [0.15, 0.2) is 5.78 Å². The number of hydrogen-bond acceptors (Lipinski definition) is 5. The van der Waals surface area contributed by atoms with Crippen molar-refractivity contribution in [2.45, 2.75) is 0 Å². The third-order valence-electron chi connectivity index (χ3n) is 1.17. The van der Waals surface area contributed by atoms with Crippen LogP contribution in [-0.4, -0.2) is 24.9 Å². The van der Waals surface area contributed by atoms with Crippen molar-refractivity contribution in [3.8, 4) is 0 Å². The molecule has 1 aromatic rings. The molecule has 0 aromatic carbocycles. The number of thiazole rings is 1. The van der Waals surface area contributed by atoms with E-state index in [-0.39, 0.29) is 5.69 Å². The molecule has 13 heavy (non-hydrogen) atoms. The molecule has 7 heteroatoms. The molecule has 0 saturated heterocycles. The van der Waals surface area contributed by atoms with Gasteiger partial charge in [-0.3, -0.25) is 4.79 Å². The van der Waals surface area contributed by atoms with Gasteiger partial charge in [-0.25, -0.2) is 18.5 Å². The summed E-state index contributed by atoms with van der Waals surface area (Å²) in [5.74, 6) is -1.32. The first kappa shape index (κ1) is 10.3. The topological polar surface area (TPSA) is 90.1 Å². The molecule has 0 fully saturated rings. The molecule has 1 aromatic heterocycles. The third-order valence-corrected chi connectivity index (χ3v) is 2.54. The molecular weight excluding hydrogens is 212 g/mol. The lowest BCUT2D eigenvalue weighted by atomic mass is 10.3. The van der Waals surface area contributed by atoms with Crippen LogP contribution < -0.4 is 5.14 Å². The van der Waals surface area contributed by atoms with Gasteiger partial charge in [0.2, 0.25) is 10.0 Å². The molecule has 1 rings (SSSR count). The van der Waals surface area contributed by atoms with E-state index < -0.39 is 21.6 Å². The number of primary sulfonamides is 1. The van der Waals surface area contributed by atoms with E-state index in [0.717, 1.165) is 0 Å². The molecule has 5 nitrogen and oxygen atoms in total. The number of aromatic nitrogens is 1. The van der Waals surface area contributed by atoms with E-state index in [1.807, 2.05) is 0 Å². The summed E-state index contributed by atoms with van der Waals surface area (Å²) in [4.78, 5) is 14.9. The monoisotopic (exact) mass is 219 g/mol. The smallest absolute Gasteiger partial charge is 0.216 e. The summed E-state index contributed by atoms with van der Waals surface area (Å²) < 4.78 is 21.1. The summed E-state index contributed by atoms with van der Waals surface area (Å²) in [6.07, 6.45) is 0. The predicted octanol–water partition coefficient (Wildman–Crippen LogP) is -0.204. The summed E-state index contributed by atoms with van der Waals surface area (Å²) in [6, 6.07) is 0. The average Bonchev–Trinajstić information content (AvgIpc) is 2.31. The van der Waals surface area contributed by atoms with Crippen molar-refractivity contribution in [3.63, 3.8) is 0 Å². The number of ketones is 1. The van der Waals surface area contributed by atoms with Gasteiger partial charge >= 0.3 is 0 Å². The van der Waals surface area contributed by atoms with Crippen LogP contribution in [0.3, 0.4) is 0 Å². The molecule has 1 radical (unpaired) electrons. The van der Waals surface area contributed by atoms with Crippen LogP contribution in [0.2, 0.25) is 0 Å². The van der Waals surface area contributed by atoms with Crippen LogP contribution in [0.4, 0.5) is 0 Å². The first-order valence-corrected chi connectivity index (χ1v) is 5.79. The number of rotatable bonds is 3. The van der Waals surface area contributed by atoms with E-state index >= 15 is 0 Å². The number of carbonyl (C=O) groups is 1. The highest BCUT2D eigenvalue weighted by atomic mass is 32.2. The lowest BCUT2D eigenvalue weighted by molar-refractivity contribution is 0.101. The van der Waals surface area contributed by atoms with Crippen molar-refractivity contribution in [1.82, 2.24) is 4.98 Å². The second-order valence-corrected chi connectivity index (χ2v) is 4.91. The molecule has 1 heterocycles. The Labute approximate surface area is 79.6 Å². The summed E-state index contributed by atoms with van der Waals surface area (Å²) in [7, 11) is -3.77. The largest absolute Gasteiger partial charge is 0.291 e. The lowest BCUT2D eigenvalue weighted by Gasteiger charge is -1.93. The highest BCUT2D eigenvalue weighted by molar-refractivity contribution is 7.89. The Balaban J connectivity index is 2.81. The molecule has 0 unspecified atom stereocenters. The Bertz CT molecular complexity index is 421. The van der Waals surface area contributed by atoms with Crippen LogP contribution in [0.15, 0.2) is 5.38 Å². The Morgan fingerprint density at radius 1 is 1.69 bits per heavy atom. The highest BCUT2D eigenvalue weighted by Crippen LogP contribution is 2.08. The summed E-state index contributed by atoms with van der Waals surface area (Å²) in [6.45, 7) is 3.49. The average molecular weight is 219 g/mol. The van der Waals surface area contributed by atoms with Gasteiger partial charge in [0, 0.05) is 12.3 Å². The number of sulfonamides is 1. The molecule has 0 aliphatic rings. The molecule has 0 bridgehead atoms. The second kappa shape index (κ2) is 3.52. The van der Waals surface area contributed by atoms with Gasteiger partial charge in [-0.1, -0.05) is 0 Å². The van der Waals surface area contributed by atoms with E-state index in [4.69, 9.17) is 5.14 Å². The fraction of sp³-hybridized carbons (Fsp3) is 0.167.